The van der Waals surface area contributed by atoms with Gasteiger partial charge in [0.2, 0.25) is 5.88 Å². The van der Waals surface area contributed by atoms with Gasteiger partial charge < -0.3 is 19.8 Å². The molecule has 0 saturated carbocycles. The maximum atomic E-state index is 12.6. The largest absolute Gasteiger partial charge is 0.476 e. The van der Waals surface area contributed by atoms with Crippen LogP contribution in [0.5, 0.6) is 5.88 Å². The van der Waals surface area contributed by atoms with E-state index in [1.807, 2.05) is 13.8 Å². The molecule has 2 aliphatic heterocycles. The van der Waals surface area contributed by atoms with E-state index >= 15 is 0 Å². The first-order valence-electron chi connectivity index (χ1n) is 6.77. The Kier molecular flexibility index (Phi) is 2.98. The molecule has 20 heavy (non-hydrogen) atoms. The highest BCUT2D eigenvalue weighted by Crippen LogP contribution is 2.30. The molecule has 1 aromatic heterocycles. The van der Waals surface area contributed by atoms with Crippen LogP contribution in [0.4, 0.5) is 0 Å². The van der Waals surface area contributed by atoms with E-state index in [1.54, 1.807) is 15.6 Å². The lowest BCUT2D eigenvalue weighted by molar-refractivity contribution is -0.0742. The summed E-state index contributed by atoms with van der Waals surface area (Å²) in [4.78, 5) is 14.1. The van der Waals surface area contributed by atoms with E-state index in [-0.39, 0.29) is 12.5 Å². The third kappa shape index (κ3) is 2.06. The topological polar surface area (TPSA) is 87.8 Å². The standard InChI is InChI=1S/C13H19N3O4/c1-13(2)6-9(17)10(18)7-15(13)12(19)8-5-11-16(14-8)3-4-20-11/h5,9-10,17-18H,3-4,6-7H2,1-2H3/t9-,10+/m1/s1. The molecule has 0 unspecified atom stereocenters. The van der Waals surface area contributed by atoms with E-state index in [0.717, 1.165) is 0 Å². The lowest BCUT2D eigenvalue weighted by atomic mass is 9.87. The third-order valence-corrected chi connectivity index (χ3v) is 4.01. The number of likely N-dealkylation sites (tertiary alicyclic amines) is 1. The van der Waals surface area contributed by atoms with Crippen LogP contribution in [0.3, 0.4) is 0 Å². The number of hydrogen-bond acceptors (Lipinski definition) is 5. The van der Waals surface area contributed by atoms with E-state index < -0.39 is 17.7 Å². The van der Waals surface area contributed by atoms with Crippen molar-refractivity contribution >= 4 is 5.91 Å². The molecule has 7 heteroatoms. The van der Waals surface area contributed by atoms with Crippen LogP contribution in [0, 0.1) is 0 Å². The van der Waals surface area contributed by atoms with E-state index in [4.69, 9.17) is 4.74 Å². The number of β-amino-alcohol motifs (C(OH)–C–C–N with tert-alkyl or cyclic N) is 1. The molecule has 110 valence electrons. The number of nitrogens with zero attached hydrogens (tertiary/aromatic N) is 3. The number of aromatic nitrogens is 2. The molecule has 7 nitrogen and oxygen atoms in total. The van der Waals surface area contributed by atoms with Gasteiger partial charge in [-0.1, -0.05) is 0 Å². The number of amides is 1. The number of aliphatic hydroxyl groups excluding tert-OH is 2. The van der Waals surface area contributed by atoms with Gasteiger partial charge in [0.05, 0.1) is 25.3 Å². The molecule has 2 aliphatic rings. The minimum atomic E-state index is -0.919. The van der Waals surface area contributed by atoms with Crippen molar-refractivity contribution in [3.8, 4) is 5.88 Å². The Hall–Kier alpha value is -1.60. The molecule has 1 aromatic rings. The summed E-state index contributed by atoms with van der Waals surface area (Å²) < 4.78 is 7.01. The Morgan fingerprint density at radius 2 is 2.20 bits per heavy atom. The second-order valence-corrected chi connectivity index (χ2v) is 6.01. The SMILES string of the molecule is CC1(C)C[C@@H](O)[C@@H](O)CN1C(=O)c1cc2n(n1)CCO2. The van der Waals surface area contributed by atoms with Crippen molar-refractivity contribution in [3.05, 3.63) is 11.8 Å². The van der Waals surface area contributed by atoms with Crippen LogP contribution in [-0.2, 0) is 6.54 Å². The van der Waals surface area contributed by atoms with Crippen LogP contribution in [0.1, 0.15) is 30.8 Å². The number of rotatable bonds is 1. The number of ether oxygens (including phenoxy) is 1. The highest BCUT2D eigenvalue weighted by atomic mass is 16.5. The minimum absolute atomic E-state index is 0.107. The molecule has 0 aromatic carbocycles. The van der Waals surface area contributed by atoms with Crippen molar-refractivity contribution < 1.29 is 19.7 Å². The fourth-order valence-electron chi connectivity index (χ4n) is 2.83. The monoisotopic (exact) mass is 281 g/mol. The first-order valence-corrected chi connectivity index (χ1v) is 6.77. The number of fused-ring (bicyclic) bond motifs is 1. The Bertz CT molecular complexity index is 518. The van der Waals surface area contributed by atoms with Crippen molar-refractivity contribution in [1.82, 2.24) is 14.7 Å². The molecule has 0 aliphatic carbocycles. The molecule has 0 spiro atoms. The number of carbonyl (C=O) groups is 1. The van der Waals surface area contributed by atoms with Gasteiger partial charge in [0.1, 0.15) is 6.61 Å². The Balaban J connectivity index is 1.85. The summed E-state index contributed by atoms with van der Waals surface area (Å²) in [5.74, 6) is 0.357. The van der Waals surface area contributed by atoms with Gasteiger partial charge in [0.25, 0.3) is 5.91 Å². The summed E-state index contributed by atoms with van der Waals surface area (Å²) in [5.41, 5.74) is -0.207. The Labute approximate surface area is 116 Å². The van der Waals surface area contributed by atoms with Crippen molar-refractivity contribution in [3.63, 3.8) is 0 Å². The molecule has 2 N–H and O–H groups in total. The molecule has 1 fully saturated rings. The van der Waals surface area contributed by atoms with Gasteiger partial charge in [0.15, 0.2) is 5.69 Å². The van der Waals surface area contributed by atoms with Gasteiger partial charge in [0, 0.05) is 11.6 Å². The van der Waals surface area contributed by atoms with E-state index in [9.17, 15) is 15.0 Å². The van der Waals surface area contributed by atoms with Crippen LogP contribution in [0.25, 0.3) is 0 Å². The second-order valence-electron chi connectivity index (χ2n) is 6.01. The maximum Gasteiger partial charge on any atom is 0.275 e. The summed E-state index contributed by atoms with van der Waals surface area (Å²) in [5, 5.41) is 23.8. The average molecular weight is 281 g/mol. The minimum Gasteiger partial charge on any atom is -0.476 e. The van der Waals surface area contributed by atoms with Crippen LogP contribution >= 0.6 is 0 Å². The first kappa shape index (κ1) is 13.4. The molecule has 0 bridgehead atoms. The molecule has 1 amide bonds. The number of aliphatic hydroxyl groups is 2. The normalized spacial score (nSPS) is 28.1. The second kappa shape index (κ2) is 4.46. The smallest absolute Gasteiger partial charge is 0.275 e. The fraction of sp³-hybridized carbons (Fsp3) is 0.692. The van der Waals surface area contributed by atoms with Gasteiger partial charge in [-0.05, 0) is 20.3 Å². The van der Waals surface area contributed by atoms with Gasteiger partial charge >= 0.3 is 0 Å². The maximum absolute atomic E-state index is 12.6. The first-order chi connectivity index (χ1) is 9.38. The molecule has 3 heterocycles. The van der Waals surface area contributed by atoms with E-state index in [0.29, 0.717) is 31.1 Å². The molecule has 3 rings (SSSR count). The molecule has 1 saturated heterocycles. The van der Waals surface area contributed by atoms with Gasteiger partial charge in [-0.2, -0.15) is 5.10 Å². The van der Waals surface area contributed by atoms with E-state index in [2.05, 4.69) is 5.10 Å². The highest BCUT2D eigenvalue weighted by Gasteiger charge is 2.42. The summed E-state index contributed by atoms with van der Waals surface area (Å²) in [6, 6.07) is 1.63. The molecule has 0 radical (unpaired) electrons. The summed E-state index contributed by atoms with van der Waals surface area (Å²) in [6.07, 6.45) is -1.38. The third-order valence-electron chi connectivity index (χ3n) is 4.01. The zero-order valence-corrected chi connectivity index (χ0v) is 11.6. The zero-order chi connectivity index (χ0) is 14.5. The lowest BCUT2D eigenvalue weighted by Gasteiger charge is -2.46. The predicted octanol–water partition coefficient (Wildman–Crippen LogP) is -0.378. The number of carbonyl (C=O) groups excluding carboxylic acids is 1. The average Bonchev–Trinajstić information content (AvgIpc) is 2.92. The predicted molar refractivity (Wildman–Crippen MR) is 69.5 cm³/mol. The Morgan fingerprint density at radius 3 is 2.90 bits per heavy atom. The Morgan fingerprint density at radius 1 is 1.45 bits per heavy atom. The van der Waals surface area contributed by atoms with Crippen molar-refractivity contribution in [1.29, 1.82) is 0 Å². The van der Waals surface area contributed by atoms with Crippen LogP contribution < -0.4 is 4.74 Å². The van der Waals surface area contributed by atoms with Gasteiger partial charge in [-0.3, -0.25) is 4.79 Å². The molecular formula is C13H19N3O4. The molecule has 2 atom stereocenters. The van der Waals surface area contributed by atoms with E-state index in [1.165, 1.54) is 0 Å². The number of hydrogen-bond donors (Lipinski definition) is 2. The summed E-state index contributed by atoms with van der Waals surface area (Å²) in [6.45, 7) is 5.08. The van der Waals surface area contributed by atoms with Crippen LogP contribution in [-0.4, -0.2) is 61.7 Å². The summed E-state index contributed by atoms with van der Waals surface area (Å²) in [7, 11) is 0. The summed E-state index contributed by atoms with van der Waals surface area (Å²) >= 11 is 0. The zero-order valence-electron chi connectivity index (χ0n) is 11.6. The highest BCUT2D eigenvalue weighted by molar-refractivity contribution is 5.93. The van der Waals surface area contributed by atoms with Crippen molar-refractivity contribution in [2.24, 2.45) is 0 Å². The van der Waals surface area contributed by atoms with Crippen molar-refractivity contribution in [2.75, 3.05) is 13.2 Å². The quantitative estimate of drug-likeness (QED) is 0.733. The van der Waals surface area contributed by atoms with Crippen LogP contribution in [0.2, 0.25) is 0 Å². The lowest BCUT2D eigenvalue weighted by Crippen LogP contribution is -2.59. The van der Waals surface area contributed by atoms with Crippen LogP contribution in [0.15, 0.2) is 6.07 Å². The number of piperidine rings is 1. The fourth-order valence-corrected chi connectivity index (χ4v) is 2.83. The van der Waals surface area contributed by atoms with Gasteiger partial charge in [-0.15, -0.1) is 0 Å². The van der Waals surface area contributed by atoms with Crippen molar-refractivity contribution in [2.45, 2.75) is 44.6 Å². The molecular weight excluding hydrogens is 262 g/mol. The van der Waals surface area contributed by atoms with Gasteiger partial charge in [-0.25, -0.2) is 4.68 Å².